The van der Waals surface area contributed by atoms with Gasteiger partial charge in [-0.15, -0.1) is 0 Å². The average Bonchev–Trinajstić information content (AvgIpc) is 2.46. The summed E-state index contributed by atoms with van der Waals surface area (Å²) < 4.78 is 0. The zero-order chi connectivity index (χ0) is 13.7. The summed E-state index contributed by atoms with van der Waals surface area (Å²) in [6.45, 7) is 0. The number of rotatable bonds is 3. The monoisotopic (exact) mass is 289 g/mol. The first kappa shape index (κ1) is 17.1. The van der Waals surface area contributed by atoms with Crippen molar-refractivity contribution < 1.29 is 61.3 Å². The molecule has 0 bridgehead atoms. The van der Waals surface area contributed by atoms with Crippen LogP contribution in [-0.4, -0.2) is 5.97 Å². The molecule has 0 saturated carbocycles. The van der Waals surface area contributed by atoms with E-state index in [4.69, 9.17) is 5.26 Å². The molecule has 1 aliphatic carbocycles. The maximum absolute atomic E-state index is 10.5. The van der Waals surface area contributed by atoms with Crippen LogP contribution in [-0.2, 0) is 4.79 Å². The quantitative estimate of drug-likeness (QED) is 0.407. The molecular formula is C16H12KNO2. The molecule has 0 heterocycles. The normalized spacial score (nSPS) is 14.4. The average molecular weight is 289 g/mol. The number of carboxylic acids is 1. The molecule has 0 spiro atoms. The van der Waals surface area contributed by atoms with Crippen molar-refractivity contribution in [1.82, 2.24) is 0 Å². The molecule has 4 heteroatoms. The molecule has 1 aromatic rings. The van der Waals surface area contributed by atoms with Gasteiger partial charge in [0.2, 0.25) is 0 Å². The van der Waals surface area contributed by atoms with Crippen molar-refractivity contribution in [2.45, 2.75) is 12.8 Å². The number of nitrogens with zero attached hydrogens (tertiary/aromatic N) is 1. The molecule has 1 aliphatic rings. The molecule has 0 atom stereocenters. The second kappa shape index (κ2) is 8.35. The molecule has 0 saturated heterocycles. The number of hydrogen-bond donors (Lipinski definition) is 0. The van der Waals surface area contributed by atoms with Gasteiger partial charge >= 0.3 is 51.4 Å². The van der Waals surface area contributed by atoms with Gasteiger partial charge < -0.3 is 9.90 Å². The second-order valence-electron chi connectivity index (χ2n) is 4.24. The van der Waals surface area contributed by atoms with E-state index in [2.05, 4.69) is 0 Å². The van der Waals surface area contributed by atoms with Gasteiger partial charge in [-0.1, -0.05) is 42.5 Å². The van der Waals surface area contributed by atoms with Crippen LogP contribution in [0.2, 0.25) is 0 Å². The number of carbonyl (C=O) groups excluding carboxylic acids is 1. The van der Waals surface area contributed by atoms with E-state index in [1.807, 2.05) is 48.6 Å². The first-order valence-electron chi connectivity index (χ1n) is 5.99. The topological polar surface area (TPSA) is 63.9 Å². The molecule has 20 heavy (non-hydrogen) atoms. The third-order valence-electron chi connectivity index (χ3n) is 3.02. The number of carbonyl (C=O) groups is 1. The van der Waals surface area contributed by atoms with Gasteiger partial charge in [-0.3, -0.25) is 0 Å². The Balaban J connectivity index is 0.00000200. The first-order valence-corrected chi connectivity index (χ1v) is 5.99. The maximum Gasteiger partial charge on any atom is 1.00 e. The van der Waals surface area contributed by atoms with Crippen LogP contribution in [0.5, 0.6) is 0 Å². The molecule has 0 amide bonds. The van der Waals surface area contributed by atoms with Crippen LogP contribution in [0.25, 0.3) is 5.57 Å². The summed E-state index contributed by atoms with van der Waals surface area (Å²) in [6.07, 6.45) is 6.06. The molecule has 0 radical (unpaired) electrons. The standard InChI is InChI=1S/C16H13NO2.K/c17-11-15(10-16(18)19)14-8-6-13(7-9-14)12-4-2-1-3-5-12;/h1-6,8,10H,7,9H2,(H,18,19);/q;+1/p-1. The van der Waals surface area contributed by atoms with Gasteiger partial charge in [0.15, 0.2) is 0 Å². The molecule has 0 unspecified atom stereocenters. The predicted molar refractivity (Wildman–Crippen MR) is 70.4 cm³/mol. The Kier molecular flexibility index (Phi) is 7.14. The zero-order valence-electron chi connectivity index (χ0n) is 11.3. The summed E-state index contributed by atoms with van der Waals surface area (Å²) in [5, 5.41) is 19.5. The summed E-state index contributed by atoms with van der Waals surface area (Å²) in [5.74, 6) is -1.34. The van der Waals surface area contributed by atoms with Crippen molar-refractivity contribution in [2.24, 2.45) is 0 Å². The number of hydrogen-bond acceptors (Lipinski definition) is 3. The summed E-state index contributed by atoms with van der Waals surface area (Å²) in [5.41, 5.74) is 3.25. The van der Waals surface area contributed by atoms with Gasteiger partial charge in [0, 0.05) is 0 Å². The Morgan fingerprint density at radius 3 is 2.40 bits per heavy atom. The van der Waals surface area contributed by atoms with Crippen LogP contribution in [0, 0.1) is 11.3 Å². The molecular weight excluding hydrogens is 277 g/mol. The second-order valence-corrected chi connectivity index (χ2v) is 4.24. The van der Waals surface area contributed by atoms with Crippen molar-refractivity contribution in [1.29, 1.82) is 5.26 Å². The number of benzene rings is 1. The fraction of sp³-hybridized carbons (Fsp3) is 0.125. The van der Waals surface area contributed by atoms with Gasteiger partial charge in [-0.05, 0) is 35.6 Å². The largest absolute Gasteiger partial charge is 1.00 e. The summed E-state index contributed by atoms with van der Waals surface area (Å²) in [7, 11) is 0. The molecule has 2 rings (SSSR count). The fourth-order valence-electron chi connectivity index (χ4n) is 2.07. The number of carboxylic acid groups (broad SMARTS) is 1. The van der Waals surface area contributed by atoms with Crippen LogP contribution in [0.1, 0.15) is 18.4 Å². The van der Waals surface area contributed by atoms with Crippen LogP contribution in [0.3, 0.4) is 0 Å². The Morgan fingerprint density at radius 2 is 1.90 bits per heavy atom. The van der Waals surface area contributed by atoms with E-state index in [-0.39, 0.29) is 57.0 Å². The van der Waals surface area contributed by atoms with Crippen LogP contribution in [0.4, 0.5) is 0 Å². The van der Waals surface area contributed by atoms with Crippen LogP contribution < -0.4 is 56.5 Å². The van der Waals surface area contributed by atoms with Crippen molar-refractivity contribution >= 4 is 11.5 Å². The fourth-order valence-corrected chi connectivity index (χ4v) is 2.07. The SMILES string of the molecule is N#CC(=CC(=O)[O-])C1=CC=C(c2ccccc2)CC1.[K+]. The smallest absolute Gasteiger partial charge is 0.545 e. The Bertz CT molecular complexity index is 622. The summed E-state index contributed by atoms with van der Waals surface area (Å²) >= 11 is 0. The minimum Gasteiger partial charge on any atom is -0.545 e. The summed E-state index contributed by atoms with van der Waals surface area (Å²) in [6, 6.07) is 11.9. The molecule has 94 valence electrons. The molecule has 0 N–H and O–H groups in total. The van der Waals surface area contributed by atoms with Crippen LogP contribution in [0.15, 0.2) is 59.7 Å². The number of nitriles is 1. The van der Waals surface area contributed by atoms with Crippen molar-refractivity contribution in [3.8, 4) is 6.07 Å². The Labute approximate surface area is 160 Å². The first-order chi connectivity index (χ1) is 9.20. The minimum atomic E-state index is -1.34. The van der Waals surface area contributed by atoms with Crippen LogP contribution >= 0.6 is 0 Å². The van der Waals surface area contributed by atoms with Crippen molar-refractivity contribution in [3.05, 3.63) is 65.3 Å². The number of aliphatic carboxylic acids is 1. The predicted octanol–water partition coefficient (Wildman–Crippen LogP) is -1.01. The molecule has 1 aromatic carbocycles. The van der Waals surface area contributed by atoms with Gasteiger partial charge in [0.25, 0.3) is 0 Å². The zero-order valence-corrected chi connectivity index (χ0v) is 14.4. The van der Waals surface area contributed by atoms with Gasteiger partial charge in [0.1, 0.15) is 0 Å². The maximum atomic E-state index is 10.5. The Hall–Kier alpha value is -0.964. The van der Waals surface area contributed by atoms with E-state index in [0.29, 0.717) is 6.42 Å². The third-order valence-corrected chi connectivity index (χ3v) is 3.02. The minimum absolute atomic E-state index is 0. The van der Waals surface area contributed by atoms with Gasteiger partial charge in [0.05, 0.1) is 17.6 Å². The molecule has 0 fully saturated rings. The number of allylic oxidation sites excluding steroid dienone is 5. The van der Waals surface area contributed by atoms with Gasteiger partial charge in [-0.2, -0.15) is 5.26 Å². The summed E-state index contributed by atoms with van der Waals surface area (Å²) in [4.78, 5) is 10.5. The molecule has 3 nitrogen and oxygen atoms in total. The van der Waals surface area contributed by atoms with Crippen molar-refractivity contribution in [2.75, 3.05) is 0 Å². The van der Waals surface area contributed by atoms with Gasteiger partial charge in [-0.25, -0.2) is 0 Å². The third kappa shape index (κ3) is 4.55. The van der Waals surface area contributed by atoms with E-state index < -0.39 is 5.97 Å². The van der Waals surface area contributed by atoms with E-state index in [1.165, 1.54) is 5.57 Å². The van der Waals surface area contributed by atoms with E-state index in [0.717, 1.165) is 23.6 Å². The van der Waals surface area contributed by atoms with Crippen molar-refractivity contribution in [3.63, 3.8) is 0 Å². The molecule has 0 aliphatic heterocycles. The van der Waals surface area contributed by atoms with E-state index in [1.54, 1.807) is 0 Å². The van der Waals surface area contributed by atoms with E-state index >= 15 is 0 Å². The van der Waals surface area contributed by atoms with E-state index in [9.17, 15) is 9.90 Å². The Morgan fingerprint density at radius 1 is 1.20 bits per heavy atom. The molecule has 0 aromatic heterocycles.